The van der Waals surface area contributed by atoms with Crippen molar-refractivity contribution in [2.45, 2.75) is 58.0 Å². The van der Waals surface area contributed by atoms with E-state index in [9.17, 15) is 28.0 Å². The lowest BCUT2D eigenvalue weighted by Crippen LogP contribution is -2.37. The molecule has 1 heterocycles. The van der Waals surface area contributed by atoms with Gasteiger partial charge in [0.2, 0.25) is 13.8 Å². The molecule has 190 valence electrons. The number of rotatable bonds is 8. The number of nitrogens with zero attached hydrogens (tertiary/aromatic N) is 1. The fourth-order valence-corrected chi connectivity index (χ4v) is 4.02. The molecule has 4 amide bonds. The first kappa shape index (κ1) is 27.0. The van der Waals surface area contributed by atoms with Crippen LogP contribution >= 0.6 is 0 Å². The van der Waals surface area contributed by atoms with Crippen LogP contribution in [0.4, 0.5) is 13.6 Å². The molecular weight excluding hydrogens is 467 g/mol. The summed E-state index contributed by atoms with van der Waals surface area (Å²) in [4.78, 5) is 49.0. The highest BCUT2D eigenvalue weighted by Crippen LogP contribution is 2.31. The van der Waals surface area contributed by atoms with E-state index >= 15 is 0 Å². The normalized spacial score (nSPS) is 13.4. The fourth-order valence-electron chi connectivity index (χ4n) is 4.02. The maximum Gasteiger partial charge on any atom is 0.349 e. The summed E-state index contributed by atoms with van der Waals surface area (Å²) in [5, 5.41) is 4.49. The Morgan fingerprint density at radius 1 is 1.03 bits per heavy atom. The lowest BCUT2D eigenvalue weighted by molar-refractivity contribution is -0.147. The molecule has 36 heavy (non-hydrogen) atoms. The van der Waals surface area contributed by atoms with Gasteiger partial charge in [-0.05, 0) is 34.6 Å². The summed E-state index contributed by atoms with van der Waals surface area (Å²) in [6, 6.07) is 10.7. The molecule has 0 aliphatic carbocycles. The second-order valence-corrected chi connectivity index (χ2v) is 10.0. The van der Waals surface area contributed by atoms with Gasteiger partial charge < -0.3 is 15.5 Å². The number of halogens is 2. The first-order chi connectivity index (χ1) is 16.8. The summed E-state index contributed by atoms with van der Waals surface area (Å²) in [5.74, 6) is -6.09. The Labute approximate surface area is 210 Å². The monoisotopic (exact) mass is 497 g/mol. The molecule has 0 spiro atoms. The topological polar surface area (TPSA) is 95.6 Å². The summed E-state index contributed by atoms with van der Waals surface area (Å²) in [7, 11) is 1.25. The lowest BCUT2D eigenvalue weighted by Gasteiger charge is -2.21. The third-order valence-electron chi connectivity index (χ3n) is 6.05. The van der Waals surface area contributed by atoms with E-state index in [1.807, 2.05) is 20.8 Å². The second-order valence-electron chi connectivity index (χ2n) is 10.0. The van der Waals surface area contributed by atoms with Gasteiger partial charge in [0, 0.05) is 37.2 Å². The molecule has 1 aliphatic heterocycles. The van der Waals surface area contributed by atoms with E-state index in [1.165, 1.54) is 20.0 Å². The minimum Gasteiger partial charge on any atom is -0.346 e. The zero-order chi connectivity index (χ0) is 26.7. The van der Waals surface area contributed by atoms with E-state index in [2.05, 4.69) is 10.6 Å². The van der Waals surface area contributed by atoms with Gasteiger partial charge in [-0.1, -0.05) is 57.2 Å². The van der Waals surface area contributed by atoms with Crippen LogP contribution in [0.1, 0.15) is 66.2 Å². The SMILES string of the molecule is BC(=O)NC(=O)CCCN1Cc2cc(CNC(=O)C(F)(F)c3ccc(C(C)(C)C)cc3)ccc2C1=O. The van der Waals surface area contributed by atoms with Gasteiger partial charge in [0.1, 0.15) is 0 Å². The van der Waals surface area contributed by atoms with E-state index in [1.54, 1.807) is 35.2 Å². The highest BCUT2D eigenvalue weighted by atomic mass is 19.3. The molecular formula is C26H30BF2N3O4. The van der Waals surface area contributed by atoms with Crippen LogP contribution in [0.25, 0.3) is 0 Å². The van der Waals surface area contributed by atoms with Crippen molar-refractivity contribution in [1.29, 1.82) is 0 Å². The summed E-state index contributed by atoms with van der Waals surface area (Å²) in [5.41, 5.74) is 2.15. The van der Waals surface area contributed by atoms with Crippen molar-refractivity contribution in [3.05, 3.63) is 70.3 Å². The number of alkyl halides is 2. The number of hydrogen-bond acceptors (Lipinski definition) is 4. The molecule has 0 saturated heterocycles. The van der Waals surface area contributed by atoms with E-state index in [4.69, 9.17) is 0 Å². The van der Waals surface area contributed by atoms with Crippen LogP contribution < -0.4 is 10.6 Å². The Hall–Kier alpha value is -3.56. The molecule has 0 fully saturated rings. The van der Waals surface area contributed by atoms with E-state index in [0.29, 0.717) is 30.6 Å². The van der Waals surface area contributed by atoms with E-state index in [-0.39, 0.29) is 29.9 Å². The van der Waals surface area contributed by atoms with Crippen molar-refractivity contribution in [2.24, 2.45) is 0 Å². The van der Waals surface area contributed by atoms with Gasteiger partial charge in [0.15, 0.2) is 5.81 Å². The number of fused-ring (bicyclic) bond motifs is 1. The number of carbonyl (C=O) groups excluding carboxylic acids is 4. The van der Waals surface area contributed by atoms with E-state index < -0.39 is 23.5 Å². The molecule has 0 saturated carbocycles. The summed E-state index contributed by atoms with van der Waals surface area (Å²) >= 11 is 0. The van der Waals surface area contributed by atoms with Crippen LogP contribution in [0.3, 0.4) is 0 Å². The average Bonchev–Trinajstić information content (AvgIpc) is 3.11. The van der Waals surface area contributed by atoms with Crippen molar-refractivity contribution in [3.8, 4) is 0 Å². The molecule has 2 aromatic rings. The molecule has 7 nitrogen and oxygen atoms in total. The molecule has 3 rings (SSSR count). The second kappa shape index (κ2) is 10.6. The van der Waals surface area contributed by atoms with Crippen LogP contribution in [0.5, 0.6) is 0 Å². The molecule has 2 N–H and O–H groups in total. The molecule has 0 atom stereocenters. The summed E-state index contributed by atoms with van der Waals surface area (Å²) < 4.78 is 29.5. The van der Waals surface area contributed by atoms with Crippen molar-refractivity contribution in [1.82, 2.24) is 15.5 Å². The third-order valence-corrected chi connectivity index (χ3v) is 6.05. The Morgan fingerprint density at radius 2 is 1.67 bits per heavy atom. The number of benzene rings is 2. The Kier molecular flexibility index (Phi) is 7.96. The summed E-state index contributed by atoms with van der Waals surface area (Å²) in [6.45, 7) is 6.48. The van der Waals surface area contributed by atoms with Crippen molar-refractivity contribution in [2.75, 3.05) is 6.54 Å². The molecule has 0 unspecified atom stereocenters. The minimum absolute atomic E-state index is 0.110. The molecule has 0 bridgehead atoms. The van der Waals surface area contributed by atoms with Crippen molar-refractivity contribution >= 4 is 31.4 Å². The molecule has 2 aromatic carbocycles. The van der Waals surface area contributed by atoms with Gasteiger partial charge in [-0.2, -0.15) is 8.78 Å². The predicted molar refractivity (Wildman–Crippen MR) is 133 cm³/mol. The number of hydrogen-bond donors (Lipinski definition) is 2. The average molecular weight is 497 g/mol. The highest BCUT2D eigenvalue weighted by molar-refractivity contribution is 6.58. The minimum atomic E-state index is -3.69. The smallest absolute Gasteiger partial charge is 0.346 e. The maximum atomic E-state index is 14.7. The molecule has 1 aliphatic rings. The molecule has 0 aromatic heterocycles. The first-order valence-electron chi connectivity index (χ1n) is 11.8. The highest BCUT2D eigenvalue weighted by Gasteiger charge is 2.40. The number of carbonyl (C=O) groups is 4. The largest absolute Gasteiger partial charge is 0.349 e. The Balaban J connectivity index is 1.57. The van der Waals surface area contributed by atoms with Crippen molar-refractivity contribution < 1.29 is 28.0 Å². The Morgan fingerprint density at radius 3 is 2.28 bits per heavy atom. The fraction of sp³-hybridized carbons (Fsp3) is 0.385. The first-order valence-corrected chi connectivity index (χ1v) is 11.8. The number of imide groups is 1. The quantitative estimate of drug-likeness (QED) is 0.549. The van der Waals surface area contributed by atoms with Gasteiger partial charge >= 0.3 is 5.92 Å². The van der Waals surface area contributed by atoms with Crippen LogP contribution in [-0.4, -0.2) is 42.8 Å². The third kappa shape index (κ3) is 6.36. The van der Waals surface area contributed by atoms with Crippen LogP contribution in [-0.2, 0) is 34.0 Å². The van der Waals surface area contributed by atoms with Crippen LogP contribution in [0.2, 0.25) is 0 Å². The van der Waals surface area contributed by atoms with Gasteiger partial charge in [0.05, 0.1) is 0 Å². The maximum absolute atomic E-state index is 14.7. The summed E-state index contributed by atoms with van der Waals surface area (Å²) in [6.07, 6.45) is 0.512. The van der Waals surface area contributed by atoms with Gasteiger partial charge in [-0.25, -0.2) is 0 Å². The standard InChI is InChI=1S/C26H30BF2N3O4/c1-25(2,3)18-7-9-19(10-8-18)26(28,29)23(35)30-14-16-6-11-20-17(13-16)15-32(22(20)34)12-4-5-21(33)31-24(27)36/h6-11,13H,4-5,12,14-15,27H2,1-3H3,(H,30,35)(H,31,33,36). The van der Waals surface area contributed by atoms with Gasteiger partial charge in [-0.15, -0.1) is 0 Å². The number of amides is 4. The Bertz CT molecular complexity index is 1180. The van der Waals surface area contributed by atoms with Gasteiger partial charge in [-0.3, -0.25) is 19.2 Å². The predicted octanol–water partition coefficient (Wildman–Crippen LogP) is 3.00. The number of nitrogens with one attached hydrogen (secondary N) is 2. The van der Waals surface area contributed by atoms with Crippen molar-refractivity contribution in [3.63, 3.8) is 0 Å². The van der Waals surface area contributed by atoms with Gasteiger partial charge in [0.25, 0.3) is 11.8 Å². The van der Waals surface area contributed by atoms with Crippen LogP contribution in [0, 0.1) is 0 Å². The zero-order valence-electron chi connectivity index (χ0n) is 20.9. The molecule has 10 heteroatoms. The van der Waals surface area contributed by atoms with E-state index in [0.717, 1.165) is 11.1 Å². The van der Waals surface area contributed by atoms with Crippen LogP contribution in [0.15, 0.2) is 42.5 Å². The molecule has 0 radical (unpaired) electrons. The zero-order valence-corrected chi connectivity index (χ0v) is 20.9. The lowest BCUT2D eigenvalue weighted by atomic mass is 9.86.